The summed E-state index contributed by atoms with van der Waals surface area (Å²) in [5, 5.41) is 9.18. The average Bonchev–Trinajstić information content (AvgIpc) is 2.74. The summed E-state index contributed by atoms with van der Waals surface area (Å²) < 4.78 is 2.24. The van der Waals surface area contributed by atoms with Gasteiger partial charge in [0.25, 0.3) is 0 Å². The topological polar surface area (TPSA) is 55.1 Å². The van der Waals surface area contributed by atoms with Crippen molar-refractivity contribution in [1.29, 1.82) is 0 Å². The minimum atomic E-state index is -0.874. The predicted octanol–water partition coefficient (Wildman–Crippen LogP) is 3.88. The van der Waals surface area contributed by atoms with E-state index in [2.05, 4.69) is 11.5 Å². The summed E-state index contributed by atoms with van der Waals surface area (Å²) in [6, 6.07) is 5.24. The molecule has 0 amide bonds. The monoisotopic (exact) mass is 286 g/mol. The fourth-order valence-electron chi connectivity index (χ4n) is 3.06. The van der Waals surface area contributed by atoms with Crippen LogP contribution in [-0.4, -0.2) is 20.6 Å². The van der Waals surface area contributed by atoms with E-state index >= 15 is 0 Å². The second kappa shape index (κ2) is 5.88. The summed E-state index contributed by atoms with van der Waals surface area (Å²) in [6.07, 6.45) is 7.23. The lowest BCUT2D eigenvalue weighted by atomic mass is 9.83. The number of imidazole rings is 1. The first-order chi connectivity index (χ1) is 10.2. The van der Waals surface area contributed by atoms with E-state index in [9.17, 15) is 9.90 Å². The molecule has 0 radical (unpaired) electrons. The maximum atomic E-state index is 11.2. The molecule has 1 aromatic carbocycles. The van der Waals surface area contributed by atoms with Crippen LogP contribution in [0.5, 0.6) is 0 Å². The first-order valence-electron chi connectivity index (χ1n) is 7.91. The van der Waals surface area contributed by atoms with Crippen LogP contribution in [0, 0.1) is 5.92 Å². The Morgan fingerprint density at radius 3 is 2.86 bits per heavy atom. The Labute approximate surface area is 124 Å². The van der Waals surface area contributed by atoms with Gasteiger partial charge in [0, 0.05) is 13.0 Å². The van der Waals surface area contributed by atoms with Crippen LogP contribution >= 0.6 is 0 Å². The van der Waals surface area contributed by atoms with Crippen LogP contribution < -0.4 is 0 Å². The van der Waals surface area contributed by atoms with Crippen molar-refractivity contribution in [3.05, 3.63) is 29.6 Å². The standard InChI is InChI=1S/C17H22N2O2/c1-2-4-16-18-14-8-7-13(17(20)21)11-15(14)19(16)10-9-12-5-3-6-12/h7-8,11-12H,2-6,9-10H2,1H3,(H,20,21). The van der Waals surface area contributed by atoms with Gasteiger partial charge in [0.2, 0.25) is 0 Å². The summed E-state index contributed by atoms with van der Waals surface area (Å²) in [4.78, 5) is 15.9. The molecule has 112 valence electrons. The van der Waals surface area contributed by atoms with E-state index in [0.717, 1.165) is 42.2 Å². The summed E-state index contributed by atoms with van der Waals surface area (Å²) in [5.74, 6) is 1.06. The molecule has 0 atom stereocenters. The summed E-state index contributed by atoms with van der Waals surface area (Å²) in [6.45, 7) is 3.11. The van der Waals surface area contributed by atoms with Gasteiger partial charge < -0.3 is 9.67 Å². The number of nitrogens with zero attached hydrogens (tertiary/aromatic N) is 2. The number of benzene rings is 1. The van der Waals surface area contributed by atoms with Gasteiger partial charge >= 0.3 is 5.97 Å². The molecule has 4 nitrogen and oxygen atoms in total. The number of aryl methyl sites for hydroxylation is 2. The first kappa shape index (κ1) is 14.1. The normalized spacial score (nSPS) is 15.3. The van der Waals surface area contributed by atoms with E-state index < -0.39 is 5.97 Å². The van der Waals surface area contributed by atoms with Crippen molar-refractivity contribution in [2.45, 2.75) is 52.0 Å². The van der Waals surface area contributed by atoms with Crippen LogP contribution in [0.25, 0.3) is 11.0 Å². The SMILES string of the molecule is CCCc1nc2ccc(C(=O)O)cc2n1CCC1CCC1. The van der Waals surface area contributed by atoms with E-state index in [-0.39, 0.29) is 0 Å². The Morgan fingerprint density at radius 1 is 1.43 bits per heavy atom. The molecule has 1 aliphatic carbocycles. The van der Waals surface area contributed by atoms with Gasteiger partial charge in [-0.1, -0.05) is 26.2 Å². The van der Waals surface area contributed by atoms with Crippen LogP contribution in [0.4, 0.5) is 0 Å². The number of hydrogen-bond donors (Lipinski definition) is 1. The smallest absolute Gasteiger partial charge is 0.335 e. The van der Waals surface area contributed by atoms with E-state index in [1.165, 1.54) is 25.7 Å². The zero-order valence-electron chi connectivity index (χ0n) is 12.5. The van der Waals surface area contributed by atoms with Crippen molar-refractivity contribution in [3.63, 3.8) is 0 Å². The fourth-order valence-corrected chi connectivity index (χ4v) is 3.06. The van der Waals surface area contributed by atoms with Gasteiger partial charge in [0.05, 0.1) is 16.6 Å². The molecule has 1 saturated carbocycles. The number of carboxylic acid groups (broad SMARTS) is 1. The molecule has 1 aliphatic rings. The van der Waals surface area contributed by atoms with Crippen molar-refractivity contribution >= 4 is 17.0 Å². The van der Waals surface area contributed by atoms with E-state index in [1.54, 1.807) is 12.1 Å². The molecule has 0 spiro atoms. The van der Waals surface area contributed by atoms with Crippen molar-refractivity contribution < 1.29 is 9.90 Å². The second-order valence-electron chi connectivity index (χ2n) is 6.02. The van der Waals surface area contributed by atoms with Gasteiger partial charge in [-0.2, -0.15) is 0 Å². The van der Waals surface area contributed by atoms with Gasteiger partial charge in [-0.3, -0.25) is 0 Å². The Morgan fingerprint density at radius 2 is 2.24 bits per heavy atom. The predicted molar refractivity (Wildman–Crippen MR) is 82.6 cm³/mol. The van der Waals surface area contributed by atoms with Crippen LogP contribution in [0.3, 0.4) is 0 Å². The lowest BCUT2D eigenvalue weighted by Crippen LogP contribution is -2.15. The molecule has 0 saturated heterocycles. The van der Waals surface area contributed by atoms with Crippen LogP contribution in [0.2, 0.25) is 0 Å². The molecule has 4 heteroatoms. The number of fused-ring (bicyclic) bond motifs is 1. The number of rotatable bonds is 6. The highest BCUT2D eigenvalue weighted by atomic mass is 16.4. The zero-order valence-corrected chi connectivity index (χ0v) is 12.5. The van der Waals surface area contributed by atoms with Crippen LogP contribution in [0.15, 0.2) is 18.2 Å². The van der Waals surface area contributed by atoms with Gasteiger partial charge in [-0.15, -0.1) is 0 Å². The molecule has 0 unspecified atom stereocenters. The van der Waals surface area contributed by atoms with Gasteiger partial charge in [0.15, 0.2) is 0 Å². The lowest BCUT2D eigenvalue weighted by molar-refractivity contribution is 0.0697. The quantitative estimate of drug-likeness (QED) is 0.876. The van der Waals surface area contributed by atoms with Crippen molar-refractivity contribution in [2.75, 3.05) is 0 Å². The summed E-state index contributed by atoms with van der Waals surface area (Å²) in [7, 11) is 0. The third kappa shape index (κ3) is 2.80. The van der Waals surface area contributed by atoms with Crippen molar-refractivity contribution in [2.24, 2.45) is 5.92 Å². The number of carboxylic acids is 1. The van der Waals surface area contributed by atoms with Crippen molar-refractivity contribution in [3.8, 4) is 0 Å². The highest BCUT2D eigenvalue weighted by molar-refractivity contribution is 5.92. The minimum Gasteiger partial charge on any atom is -0.478 e. The number of carbonyl (C=O) groups is 1. The number of aromatic nitrogens is 2. The molecule has 0 bridgehead atoms. The summed E-state index contributed by atoms with van der Waals surface area (Å²) in [5.41, 5.74) is 2.23. The molecular formula is C17H22N2O2. The molecule has 21 heavy (non-hydrogen) atoms. The molecule has 3 rings (SSSR count). The Balaban J connectivity index is 1.96. The molecule has 1 aromatic heterocycles. The van der Waals surface area contributed by atoms with Gasteiger partial charge in [-0.05, 0) is 37.0 Å². The molecule has 1 heterocycles. The Bertz CT molecular complexity index is 656. The molecular weight excluding hydrogens is 264 g/mol. The second-order valence-corrected chi connectivity index (χ2v) is 6.02. The maximum Gasteiger partial charge on any atom is 0.335 e. The molecule has 2 aromatic rings. The third-order valence-electron chi connectivity index (χ3n) is 4.53. The molecule has 0 aliphatic heterocycles. The van der Waals surface area contributed by atoms with Gasteiger partial charge in [0.1, 0.15) is 5.82 Å². The Hall–Kier alpha value is -1.84. The van der Waals surface area contributed by atoms with Crippen LogP contribution in [0.1, 0.15) is 55.2 Å². The highest BCUT2D eigenvalue weighted by Gasteiger charge is 2.19. The zero-order chi connectivity index (χ0) is 14.8. The average molecular weight is 286 g/mol. The summed E-state index contributed by atoms with van der Waals surface area (Å²) >= 11 is 0. The van der Waals surface area contributed by atoms with E-state index in [0.29, 0.717) is 5.56 Å². The first-order valence-corrected chi connectivity index (χ1v) is 7.91. The van der Waals surface area contributed by atoms with Crippen molar-refractivity contribution in [1.82, 2.24) is 9.55 Å². The Kier molecular flexibility index (Phi) is 3.95. The maximum absolute atomic E-state index is 11.2. The minimum absolute atomic E-state index is 0.343. The highest BCUT2D eigenvalue weighted by Crippen LogP contribution is 2.30. The molecule has 1 fully saturated rings. The molecule has 1 N–H and O–H groups in total. The number of aromatic carboxylic acids is 1. The largest absolute Gasteiger partial charge is 0.478 e. The van der Waals surface area contributed by atoms with E-state index in [1.807, 2.05) is 6.07 Å². The lowest BCUT2D eigenvalue weighted by Gasteiger charge is -2.25. The van der Waals surface area contributed by atoms with E-state index in [4.69, 9.17) is 4.98 Å². The van der Waals surface area contributed by atoms with Gasteiger partial charge in [-0.25, -0.2) is 9.78 Å². The third-order valence-corrected chi connectivity index (χ3v) is 4.53. The van der Waals surface area contributed by atoms with Crippen LogP contribution in [-0.2, 0) is 13.0 Å². The fraction of sp³-hybridized carbons (Fsp3) is 0.529. The number of hydrogen-bond acceptors (Lipinski definition) is 2.